The van der Waals surface area contributed by atoms with Gasteiger partial charge in [-0.1, -0.05) is 48.2 Å². The molecule has 0 heterocycles. The largest absolute Gasteiger partial charge is 0.489 e. The van der Waals surface area contributed by atoms with Crippen molar-refractivity contribution < 1.29 is 4.74 Å². The number of para-hydroxylation sites is 1. The Morgan fingerprint density at radius 1 is 0.944 bits per heavy atom. The van der Waals surface area contributed by atoms with Gasteiger partial charge in [0.1, 0.15) is 12.4 Å². The van der Waals surface area contributed by atoms with Crippen molar-refractivity contribution in [2.24, 2.45) is 5.73 Å². The summed E-state index contributed by atoms with van der Waals surface area (Å²) >= 11 is 0. The Kier molecular flexibility index (Phi) is 4.40. The maximum atomic E-state index is 5.71. The van der Waals surface area contributed by atoms with Gasteiger partial charge >= 0.3 is 0 Å². The smallest absolute Gasteiger partial charge is 0.119 e. The summed E-state index contributed by atoms with van der Waals surface area (Å²) in [6.07, 6.45) is 0. The molecule has 0 amide bonds. The topological polar surface area (TPSA) is 35.2 Å². The molecule has 0 saturated carbocycles. The first kappa shape index (κ1) is 12.2. The van der Waals surface area contributed by atoms with Crippen LogP contribution < -0.4 is 10.5 Å². The van der Waals surface area contributed by atoms with Crippen LogP contribution in [0.1, 0.15) is 11.1 Å². The molecular formula is C16H15NO. The van der Waals surface area contributed by atoms with E-state index in [-0.39, 0.29) is 0 Å². The first-order chi connectivity index (χ1) is 8.90. The Morgan fingerprint density at radius 3 is 2.44 bits per heavy atom. The molecule has 2 heteroatoms. The van der Waals surface area contributed by atoms with Crippen LogP contribution in [0.25, 0.3) is 0 Å². The van der Waals surface area contributed by atoms with Gasteiger partial charge in [0.2, 0.25) is 0 Å². The third-order valence-electron chi connectivity index (χ3n) is 2.48. The molecule has 0 bridgehead atoms. The lowest BCUT2D eigenvalue weighted by Gasteiger charge is -2.07. The van der Waals surface area contributed by atoms with Crippen molar-refractivity contribution in [1.82, 2.24) is 0 Å². The first-order valence-electron chi connectivity index (χ1n) is 5.85. The van der Waals surface area contributed by atoms with Crippen molar-refractivity contribution in [2.75, 3.05) is 6.54 Å². The Balaban J connectivity index is 2.09. The molecule has 90 valence electrons. The molecule has 0 aliphatic rings. The third kappa shape index (κ3) is 3.38. The minimum absolute atomic E-state index is 0.369. The Hall–Kier alpha value is -2.24. The molecule has 0 radical (unpaired) electrons. The maximum absolute atomic E-state index is 5.71. The summed E-state index contributed by atoms with van der Waals surface area (Å²) in [6.45, 7) is 0.882. The van der Waals surface area contributed by atoms with E-state index in [1.807, 2.05) is 54.6 Å². The van der Waals surface area contributed by atoms with E-state index in [0.717, 1.165) is 16.9 Å². The van der Waals surface area contributed by atoms with Gasteiger partial charge in [-0.3, -0.25) is 0 Å². The van der Waals surface area contributed by atoms with Crippen molar-refractivity contribution in [1.29, 1.82) is 0 Å². The Labute approximate surface area is 107 Å². The van der Waals surface area contributed by atoms with Crippen molar-refractivity contribution in [3.63, 3.8) is 0 Å². The highest BCUT2D eigenvalue weighted by Gasteiger charge is 2.00. The van der Waals surface area contributed by atoms with Gasteiger partial charge in [0.15, 0.2) is 0 Å². The number of hydrogen-bond donors (Lipinski definition) is 1. The van der Waals surface area contributed by atoms with E-state index in [9.17, 15) is 0 Å². The highest BCUT2D eigenvalue weighted by atomic mass is 16.5. The zero-order valence-electron chi connectivity index (χ0n) is 10.1. The van der Waals surface area contributed by atoms with Crippen LogP contribution in [0.2, 0.25) is 0 Å². The average Bonchev–Trinajstić information content (AvgIpc) is 2.45. The molecule has 0 unspecified atom stereocenters. The van der Waals surface area contributed by atoms with Gasteiger partial charge in [-0.05, 0) is 18.2 Å². The lowest BCUT2D eigenvalue weighted by atomic mass is 10.1. The molecule has 0 fully saturated rings. The van der Waals surface area contributed by atoms with Gasteiger partial charge in [-0.15, -0.1) is 0 Å². The summed E-state index contributed by atoms with van der Waals surface area (Å²) < 4.78 is 5.71. The summed E-state index contributed by atoms with van der Waals surface area (Å²) in [4.78, 5) is 0. The van der Waals surface area contributed by atoms with Crippen molar-refractivity contribution in [3.05, 3.63) is 65.7 Å². The highest BCUT2D eigenvalue weighted by Crippen LogP contribution is 2.13. The molecular weight excluding hydrogens is 222 g/mol. The van der Waals surface area contributed by atoms with Crippen LogP contribution in [0.3, 0.4) is 0 Å². The lowest BCUT2D eigenvalue weighted by molar-refractivity contribution is 0.306. The molecule has 2 aromatic rings. The predicted octanol–water partition coefficient (Wildman–Crippen LogP) is 2.58. The molecule has 2 rings (SSSR count). The maximum Gasteiger partial charge on any atom is 0.119 e. The van der Waals surface area contributed by atoms with Crippen molar-refractivity contribution >= 4 is 0 Å². The SMILES string of the molecule is NCC#Cc1ccccc1COc1ccccc1. The molecule has 2 N–H and O–H groups in total. The summed E-state index contributed by atoms with van der Waals surface area (Å²) in [6, 6.07) is 17.7. The van der Waals surface area contributed by atoms with Crippen molar-refractivity contribution in [3.8, 4) is 17.6 Å². The minimum atomic E-state index is 0.369. The lowest BCUT2D eigenvalue weighted by Crippen LogP contribution is -1.99. The standard InChI is InChI=1S/C16H15NO/c17-12-6-9-14-7-4-5-8-15(14)13-18-16-10-2-1-3-11-16/h1-5,7-8,10-11H,12-13,17H2. The van der Waals surface area contributed by atoms with Crippen molar-refractivity contribution in [2.45, 2.75) is 6.61 Å². The third-order valence-corrected chi connectivity index (χ3v) is 2.48. The van der Waals surface area contributed by atoms with Crippen LogP contribution in [0.15, 0.2) is 54.6 Å². The fraction of sp³-hybridized carbons (Fsp3) is 0.125. The quantitative estimate of drug-likeness (QED) is 0.833. The molecule has 0 saturated heterocycles. The van der Waals surface area contributed by atoms with E-state index in [2.05, 4.69) is 11.8 Å². The molecule has 2 nitrogen and oxygen atoms in total. The summed E-state index contributed by atoms with van der Waals surface area (Å²) in [5.41, 5.74) is 7.43. The van der Waals surface area contributed by atoms with E-state index in [0.29, 0.717) is 13.2 Å². The summed E-state index contributed by atoms with van der Waals surface area (Å²) in [5.74, 6) is 6.78. The minimum Gasteiger partial charge on any atom is -0.489 e. The van der Waals surface area contributed by atoms with E-state index in [4.69, 9.17) is 10.5 Å². The second-order valence-corrected chi connectivity index (χ2v) is 3.76. The molecule has 0 aliphatic carbocycles. The van der Waals surface area contributed by atoms with E-state index in [1.54, 1.807) is 0 Å². The van der Waals surface area contributed by atoms with Gasteiger partial charge < -0.3 is 10.5 Å². The number of nitrogens with two attached hydrogens (primary N) is 1. The fourth-order valence-electron chi connectivity index (χ4n) is 1.59. The molecule has 18 heavy (non-hydrogen) atoms. The fourth-order valence-corrected chi connectivity index (χ4v) is 1.59. The number of benzene rings is 2. The summed E-state index contributed by atoms with van der Waals surface area (Å²) in [5, 5.41) is 0. The number of ether oxygens (including phenoxy) is 1. The van der Waals surface area contributed by atoms with Crippen LogP contribution in [-0.2, 0) is 6.61 Å². The number of hydrogen-bond acceptors (Lipinski definition) is 2. The number of rotatable bonds is 3. The van der Waals surface area contributed by atoms with E-state index < -0.39 is 0 Å². The van der Waals surface area contributed by atoms with Gasteiger partial charge in [0, 0.05) is 11.1 Å². The van der Waals surface area contributed by atoms with Crippen LogP contribution >= 0.6 is 0 Å². The van der Waals surface area contributed by atoms with Gasteiger partial charge in [0.25, 0.3) is 0 Å². The van der Waals surface area contributed by atoms with E-state index in [1.165, 1.54) is 0 Å². The van der Waals surface area contributed by atoms with Crippen LogP contribution in [0, 0.1) is 11.8 Å². The second-order valence-electron chi connectivity index (χ2n) is 3.76. The zero-order chi connectivity index (χ0) is 12.6. The molecule has 0 aromatic heterocycles. The zero-order valence-corrected chi connectivity index (χ0v) is 10.1. The Bertz CT molecular complexity index is 552. The molecule has 0 aliphatic heterocycles. The van der Waals surface area contributed by atoms with Gasteiger partial charge in [-0.2, -0.15) is 0 Å². The second kappa shape index (κ2) is 6.48. The molecule has 2 aromatic carbocycles. The Morgan fingerprint density at radius 2 is 1.67 bits per heavy atom. The molecule has 0 atom stereocenters. The monoisotopic (exact) mass is 237 g/mol. The predicted molar refractivity (Wildman–Crippen MR) is 73.1 cm³/mol. The van der Waals surface area contributed by atoms with Crippen LogP contribution in [-0.4, -0.2) is 6.54 Å². The normalized spacial score (nSPS) is 9.39. The van der Waals surface area contributed by atoms with E-state index >= 15 is 0 Å². The van der Waals surface area contributed by atoms with Gasteiger partial charge in [-0.25, -0.2) is 0 Å². The average molecular weight is 237 g/mol. The summed E-state index contributed by atoms with van der Waals surface area (Å²) in [7, 11) is 0. The van der Waals surface area contributed by atoms with Crippen LogP contribution in [0.5, 0.6) is 5.75 Å². The first-order valence-corrected chi connectivity index (χ1v) is 5.85. The highest BCUT2D eigenvalue weighted by molar-refractivity contribution is 5.41. The van der Waals surface area contributed by atoms with Crippen LogP contribution in [0.4, 0.5) is 0 Å². The van der Waals surface area contributed by atoms with Gasteiger partial charge in [0.05, 0.1) is 6.54 Å². The molecule has 0 spiro atoms.